The topological polar surface area (TPSA) is 92.7 Å². The number of anilines is 1. The lowest BCUT2D eigenvalue weighted by atomic mass is 10.0. The minimum absolute atomic E-state index is 0.0333. The lowest BCUT2D eigenvalue weighted by Gasteiger charge is -2.20. The summed E-state index contributed by atoms with van der Waals surface area (Å²) < 4.78 is 64.7. The van der Waals surface area contributed by atoms with Gasteiger partial charge in [-0.2, -0.15) is 13.2 Å². The lowest BCUT2D eigenvalue weighted by molar-refractivity contribution is -0.140. The number of aliphatic hydroxyl groups excluding tert-OH is 1. The molecular formula is C22H25F4N3O4. The number of nitrogens with one attached hydrogen (secondary N) is 2. The van der Waals surface area contributed by atoms with Gasteiger partial charge in [0.2, 0.25) is 0 Å². The van der Waals surface area contributed by atoms with E-state index in [2.05, 4.69) is 15.6 Å². The van der Waals surface area contributed by atoms with Gasteiger partial charge in [0.05, 0.1) is 43.2 Å². The largest absolute Gasteiger partial charge is 0.486 e. The van der Waals surface area contributed by atoms with Crippen LogP contribution in [-0.2, 0) is 10.9 Å². The molecule has 1 aliphatic rings. The van der Waals surface area contributed by atoms with Crippen molar-refractivity contribution >= 4 is 11.7 Å². The van der Waals surface area contributed by atoms with Crippen molar-refractivity contribution in [3.05, 3.63) is 53.0 Å². The third kappa shape index (κ3) is 6.11. The molecule has 3 rings (SSSR count). The third-order valence-corrected chi connectivity index (χ3v) is 5.10. The van der Waals surface area contributed by atoms with Crippen LogP contribution in [0, 0.1) is 5.82 Å². The summed E-state index contributed by atoms with van der Waals surface area (Å²) in [7, 11) is 0. The van der Waals surface area contributed by atoms with E-state index >= 15 is 0 Å². The van der Waals surface area contributed by atoms with Crippen LogP contribution in [0.1, 0.15) is 47.8 Å². The number of halogens is 4. The molecule has 3 atom stereocenters. The van der Waals surface area contributed by atoms with Crippen molar-refractivity contribution in [2.75, 3.05) is 25.1 Å². The molecule has 33 heavy (non-hydrogen) atoms. The Morgan fingerprint density at radius 2 is 2.12 bits per heavy atom. The predicted molar refractivity (Wildman–Crippen MR) is 112 cm³/mol. The average molecular weight is 471 g/mol. The molecule has 0 saturated carbocycles. The van der Waals surface area contributed by atoms with Gasteiger partial charge >= 0.3 is 6.18 Å². The minimum Gasteiger partial charge on any atom is -0.486 e. The quantitative estimate of drug-likeness (QED) is 0.509. The Hall–Kier alpha value is -2.92. The molecule has 11 heteroatoms. The number of hydrogen-bond donors (Lipinski definition) is 3. The highest BCUT2D eigenvalue weighted by Crippen LogP contribution is 2.34. The van der Waals surface area contributed by atoms with Crippen molar-refractivity contribution in [1.82, 2.24) is 10.3 Å². The molecule has 180 valence electrons. The van der Waals surface area contributed by atoms with Crippen LogP contribution in [0.25, 0.3) is 0 Å². The second-order valence-corrected chi connectivity index (χ2v) is 7.80. The number of ether oxygens (including phenoxy) is 2. The van der Waals surface area contributed by atoms with Crippen LogP contribution in [0.2, 0.25) is 0 Å². The summed E-state index contributed by atoms with van der Waals surface area (Å²) in [6.07, 6.45) is -2.97. The summed E-state index contributed by atoms with van der Waals surface area (Å²) in [6, 6.07) is 2.83. The monoisotopic (exact) mass is 471 g/mol. The van der Waals surface area contributed by atoms with Crippen LogP contribution in [0.15, 0.2) is 30.5 Å². The van der Waals surface area contributed by atoms with E-state index < -0.39 is 35.5 Å². The molecule has 2 aromatic rings. The second kappa shape index (κ2) is 10.3. The molecule has 0 spiro atoms. The average Bonchev–Trinajstić information content (AvgIpc) is 3.26. The van der Waals surface area contributed by atoms with Crippen molar-refractivity contribution in [2.45, 2.75) is 44.6 Å². The first-order valence-corrected chi connectivity index (χ1v) is 10.4. The molecule has 0 unspecified atom stereocenters. The number of alkyl halides is 3. The highest BCUT2D eigenvalue weighted by atomic mass is 19.4. The highest BCUT2D eigenvalue weighted by molar-refractivity contribution is 5.99. The maximum Gasteiger partial charge on any atom is 0.419 e. The number of aliphatic hydroxyl groups is 1. The Kier molecular flexibility index (Phi) is 7.75. The van der Waals surface area contributed by atoms with Crippen LogP contribution >= 0.6 is 0 Å². The van der Waals surface area contributed by atoms with E-state index in [4.69, 9.17) is 9.47 Å². The van der Waals surface area contributed by atoms with Gasteiger partial charge in [-0.25, -0.2) is 9.37 Å². The van der Waals surface area contributed by atoms with Gasteiger partial charge in [0.15, 0.2) is 0 Å². The Morgan fingerprint density at radius 3 is 2.76 bits per heavy atom. The molecule has 0 radical (unpaired) electrons. The summed E-state index contributed by atoms with van der Waals surface area (Å²) in [5.74, 6) is -1.70. The van der Waals surface area contributed by atoms with Crippen molar-refractivity contribution in [1.29, 1.82) is 0 Å². The third-order valence-electron chi connectivity index (χ3n) is 5.10. The van der Waals surface area contributed by atoms with Gasteiger partial charge in [0.25, 0.3) is 5.91 Å². The number of aromatic nitrogens is 1. The molecule has 1 fully saturated rings. The van der Waals surface area contributed by atoms with Crippen molar-refractivity contribution in [3.8, 4) is 5.75 Å². The highest BCUT2D eigenvalue weighted by Gasteiger charge is 2.35. The molecule has 7 nitrogen and oxygen atoms in total. The van der Waals surface area contributed by atoms with Crippen LogP contribution in [0.5, 0.6) is 5.75 Å². The Balaban J connectivity index is 1.86. The fraction of sp³-hybridized carbons (Fsp3) is 0.455. The molecule has 1 amide bonds. The number of hydrogen-bond acceptors (Lipinski definition) is 6. The van der Waals surface area contributed by atoms with E-state index in [-0.39, 0.29) is 29.7 Å². The van der Waals surface area contributed by atoms with Gasteiger partial charge in [-0.3, -0.25) is 4.79 Å². The molecule has 1 aromatic heterocycles. The summed E-state index contributed by atoms with van der Waals surface area (Å²) in [6.45, 7) is 3.77. The lowest BCUT2D eigenvalue weighted by Crippen LogP contribution is -2.30. The molecule has 1 aromatic carbocycles. The van der Waals surface area contributed by atoms with Gasteiger partial charge in [-0.1, -0.05) is 12.1 Å². The maximum absolute atomic E-state index is 14.5. The van der Waals surface area contributed by atoms with Crippen LogP contribution < -0.4 is 15.4 Å². The van der Waals surface area contributed by atoms with Gasteiger partial charge in [0.1, 0.15) is 23.5 Å². The molecular weight excluding hydrogens is 446 g/mol. The molecule has 1 saturated heterocycles. The Morgan fingerprint density at radius 1 is 1.36 bits per heavy atom. The van der Waals surface area contributed by atoms with Gasteiger partial charge in [-0.05, 0) is 26.0 Å². The number of pyridine rings is 1. The molecule has 0 bridgehead atoms. The molecule has 0 aliphatic carbocycles. The van der Waals surface area contributed by atoms with E-state index in [1.54, 1.807) is 6.92 Å². The fourth-order valence-electron chi connectivity index (χ4n) is 3.33. The van der Waals surface area contributed by atoms with Gasteiger partial charge < -0.3 is 25.2 Å². The smallest absolute Gasteiger partial charge is 0.419 e. The van der Waals surface area contributed by atoms with E-state index in [0.29, 0.717) is 31.5 Å². The zero-order valence-corrected chi connectivity index (χ0v) is 18.1. The van der Waals surface area contributed by atoms with Crippen LogP contribution in [-0.4, -0.2) is 48.0 Å². The van der Waals surface area contributed by atoms with E-state index in [1.165, 1.54) is 25.3 Å². The number of carbonyl (C=O) groups is 1. The predicted octanol–water partition coefficient (Wildman–Crippen LogP) is 3.69. The van der Waals surface area contributed by atoms with Crippen molar-refractivity contribution in [3.63, 3.8) is 0 Å². The summed E-state index contributed by atoms with van der Waals surface area (Å²) in [5.41, 5.74) is -1.68. The second-order valence-electron chi connectivity index (χ2n) is 7.80. The molecule has 3 N–H and O–H groups in total. The van der Waals surface area contributed by atoms with Crippen LogP contribution in [0.4, 0.5) is 23.4 Å². The fourth-order valence-corrected chi connectivity index (χ4v) is 3.33. The number of carbonyl (C=O) groups excluding carboxylic acids is 1. The number of benzene rings is 1. The molecule has 2 heterocycles. The number of rotatable bonds is 8. The zero-order valence-electron chi connectivity index (χ0n) is 18.1. The van der Waals surface area contributed by atoms with Crippen LogP contribution in [0.3, 0.4) is 0 Å². The van der Waals surface area contributed by atoms with E-state index in [9.17, 15) is 27.5 Å². The minimum atomic E-state index is -4.86. The van der Waals surface area contributed by atoms with Gasteiger partial charge in [0, 0.05) is 18.0 Å². The van der Waals surface area contributed by atoms with Crippen molar-refractivity contribution < 1.29 is 36.9 Å². The Bertz CT molecular complexity index is 981. The van der Waals surface area contributed by atoms with E-state index in [1.807, 2.05) is 0 Å². The van der Waals surface area contributed by atoms with Crippen molar-refractivity contribution in [2.24, 2.45) is 0 Å². The number of amides is 1. The zero-order chi connectivity index (χ0) is 24.2. The standard InChI is InChI=1S/C22H25F4N3O4/c1-12(10-30)28-20-17(8-15(9-27-20)33-14-6-7-32-11-14)21(31)29-13(2)16-4-3-5-18(19(16)23)22(24,25)26/h3-5,8-9,12-14,30H,6-7,10-11H2,1-2H3,(H,27,28)(H,29,31)/t12-,13-,14-/m1/s1. The SMILES string of the molecule is C[C@H](CO)Nc1ncc(O[C@@H]2CCOC2)cc1C(=O)N[C@H](C)c1cccc(C(F)(F)F)c1F. The first-order chi connectivity index (χ1) is 15.6. The number of nitrogens with zero attached hydrogens (tertiary/aromatic N) is 1. The molecule has 1 aliphatic heterocycles. The normalized spacial score (nSPS) is 18.0. The van der Waals surface area contributed by atoms with E-state index in [0.717, 1.165) is 6.07 Å². The first kappa shape index (κ1) is 24.7. The summed E-state index contributed by atoms with van der Waals surface area (Å²) in [5, 5.41) is 14.7. The maximum atomic E-state index is 14.5. The first-order valence-electron chi connectivity index (χ1n) is 10.4. The summed E-state index contributed by atoms with van der Waals surface area (Å²) >= 11 is 0. The summed E-state index contributed by atoms with van der Waals surface area (Å²) in [4.78, 5) is 17.2. The van der Waals surface area contributed by atoms with Gasteiger partial charge in [-0.15, -0.1) is 0 Å². The Labute approximate surface area is 188 Å².